The number of nitrogens with one attached hydrogen (secondary N) is 2. The number of pyridine rings is 1. The van der Waals surface area contributed by atoms with Crippen LogP contribution in [0.5, 0.6) is 5.75 Å². The Labute approximate surface area is 168 Å². The molecule has 1 aromatic heterocycles. The zero-order valence-electron chi connectivity index (χ0n) is 16.8. The first-order valence-electron chi connectivity index (χ1n) is 9.71. The summed E-state index contributed by atoms with van der Waals surface area (Å²) in [6, 6.07) is 11.0. The van der Waals surface area contributed by atoms with Gasteiger partial charge in [0.2, 0.25) is 5.91 Å². The lowest BCUT2D eigenvalue weighted by Gasteiger charge is -2.24. The van der Waals surface area contributed by atoms with Crippen molar-refractivity contribution in [3.8, 4) is 5.75 Å². The predicted molar refractivity (Wildman–Crippen MR) is 106 cm³/mol. The first-order chi connectivity index (χ1) is 13.6. The minimum atomic E-state index is -3.06. The van der Waals surface area contributed by atoms with Gasteiger partial charge in [-0.2, -0.15) is 8.78 Å². The van der Waals surface area contributed by atoms with E-state index < -0.39 is 17.9 Å². The van der Waals surface area contributed by atoms with Crippen LogP contribution in [0.1, 0.15) is 62.8 Å². The van der Waals surface area contributed by atoms with Gasteiger partial charge < -0.3 is 15.0 Å². The van der Waals surface area contributed by atoms with Crippen LogP contribution in [0, 0.1) is 0 Å². The summed E-state index contributed by atoms with van der Waals surface area (Å²) in [6.45, 7) is 3.34. The van der Waals surface area contributed by atoms with E-state index in [0.717, 1.165) is 12.0 Å². The third-order valence-corrected chi connectivity index (χ3v) is 5.27. The average molecular weight is 404 g/mol. The molecule has 1 aliphatic rings. The van der Waals surface area contributed by atoms with Crippen LogP contribution in [0.4, 0.5) is 8.78 Å². The van der Waals surface area contributed by atoms with Crippen molar-refractivity contribution in [2.75, 3.05) is 0 Å². The summed E-state index contributed by atoms with van der Waals surface area (Å²) < 4.78 is 29.2. The number of halogens is 2. The van der Waals surface area contributed by atoms with E-state index in [1.807, 2.05) is 12.1 Å². The molecule has 1 unspecified atom stereocenters. The van der Waals surface area contributed by atoms with Crippen LogP contribution >= 0.6 is 0 Å². The molecule has 0 saturated carbocycles. The Bertz CT molecular complexity index is 917. The summed E-state index contributed by atoms with van der Waals surface area (Å²) in [6.07, 6.45) is 1.82. The van der Waals surface area contributed by atoms with Crippen LogP contribution in [0.25, 0.3) is 0 Å². The second-order valence-electron chi connectivity index (χ2n) is 8.45. The number of alkyl halides is 2. The van der Waals surface area contributed by atoms with Crippen LogP contribution in [0.2, 0.25) is 0 Å². The van der Waals surface area contributed by atoms with Crippen LogP contribution in [-0.4, -0.2) is 23.5 Å². The fraction of sp³-hybridized carbons (Fsp3) is 0.455. The summed E-state index contributed by atoms with van der Waals surface area (Å²) in [7, 11) is 0. The first kappa shape index (κ1) is 21.0. The van der Waals surface area contributed by atoms with Gasteiger partial charge in [-0.1, -0.05) is 45.0 Å². The van der Waals surface area contributed by atoms with E-state index in [4.69, 9.17) is 0 Å². The number of benzene rings is 1. The maximum absolute atomic E-state index is 12.5. The highest BCUT2D eigenvalue weighted by molar-refractivity contribution is 5.78. The fourth-order valence-corrected chi connectivity index (χ4v) is 3.66. The zero-order chi connectivity index (χ0) is 21.2. The predicted octanol–water partition coefficient (Wildman–Crippen LogP) is 4.07. The van der Waals surface area contributed by atoms with E-state index in [2.05, 4.69) is 47.9 Å². The standard InChI is InChI=1S/C22H26F2N2O3/c1-22(2,3)14-6-4-13(5-7-14)16(12-15-8-11-19(27)25-15)17-9-10-18(20(28)26-17)29-21(23)24/h4-7,9-10,15-16,21H,8,11-12H2,1-3H3,(H,25,27)(H,26,28)/t15-,16?/m1/s1. The molecule has 29 heavy (non-hydrogen) atoms. The summed E-state index contributed by atoms with van der Waals surface area (Å²) >= 11 is 0. The molecule has 156 valence electrons. The minimum absolute atomic E-state index is 0.00437. The molecule has 2 atom stereocenters. The number of rotatable bonds is 6. The van der Waals surface area contributed by atoms with Gasteiger partial charge in [-0.15, -0.1) is 0 Å². The van der Waals surface area contributed by atoms with Gasteiger partial charge in [0, 0.05) is 24.1 Å². The molecule has 0 aliphatic carbocycles. The minimum Gasteiger partial charge on any atom is -0.429 e. The second-order valence-corrected chi connectivity index (χ2v) is 8.45. The Balaban J connectivity index is 1.94. The summed E-state index contributed by atoms with van der Waals surface area (Å²) in [5.74, 6) is -0.591. The van der Waals surface area contributed by atoms with Crippen molar-refractivity contribution >= 4 is 5.91 Å². The van der Waals surface area contributed by atoms with E-state index in [-0.39, 0.29) is 23.3 Å². The van der Waals surface area contributed by atoms with Gasteiger partial charge in [-0.25, -0.2) is 0 Å². The number of carbonyl (C=O) groups excluding carboxylic acids is 1. The fourth-order valence-electron chi connectivity index (χ4n) is 3.66. The van der Waals surface area contributed by atoms with Crippen LogP contribution in [0.15, 0.2) is 41.2 Å². The Kier molecular flexibility index (Phi) is 6.05. The molecule has 1 fully saturated rings. The SMILES string of the molecule is CC(C)(C)c1ccc(C(C[C@H]2CCC(=O)N2)c2ccc(OC(F)F)c(=O)[nH]2)cc1. The van der Waals surface area contributed by atoms with E-state index in [1.54, 1.807) is 6.07 Å². The molecule has 1 amide bonds. The molecule has 7 heteroatoms. The summed E-state index contributed by atoms with van der Waals surface area (Å²) in [5, 5.41) is 2.96. The molecule has 5 nitrogen and oxygen atoms in total. The van der Waals surface area contributed by atoms with Crippen molar-refractivity contribution in [1.82, 2.24) is 10.3 Å². The topological polar surface area (TPSA) is 71.2 Å². The van der Waals surface area contributed by atoms with Crippen LogP contribution in [-0.2, 0) is 10.2 Å². The van der Waals surface area contributed by atoms with Gasteiger partial charge in [0.15, 0.2) is 5.75 Å². The number of hydrogen-bond donors (Lipinski definition) is 2. The molecule has 2 heterocycles. The van der Waals surface area contributed by atoms with Crippen molar-refractivity contribution in [2.45, 2.75) is 64.0 Å². The number of aromatic nitrogens is 1. The molecule has 1 aromatic carbocycles. The van der Waals surface area contributed by atoms with Gasteiger partial charge in [0.1, 0.15) is 0 Å². The summed E-state index contributed by atoms with van der Waals surface area (Å²) in [4.78, 5) is 26.5. The lowest BCUT2D eigenvalue weighted by Crippen LogP contribution is -2.28. The van der Waals surface area contributed by atoms with Gasteiger partial charge in [0.05, 0.1) is 0 Å². The second kappa shape index (κ2) is 8.35. The molecule has 0 radical (unpaired) electrons. The quantitative estimate of drug-likeness (QED) is 0.762. The highest BCUT2D eigenvalue weighted by atomic mass is 19.3. The maximum atomic E-state index is 12.5. The van der Waals surface area contributed by atoms with Gasteiger partial charge >= 0.3 is 6.61 Å². The highest BCUT2D eigenvalue weighted by Gasteiger charge is 2.27. The lowest BCUT2D eigenvalue weighted by molar-refractivity contribution is -0.119. The van der Waals surface area contributed by atoms with E-state index in [1.165, 1.54) is 11.6 Å². The van der Waals surface area contributed by atoms with Crippen LogP contribution < -0.4 is 15.6 Å². The molecule has 2 aromatic rings. The smallest absolute Gasteiger partial charge is 0.387 e. The number of ether oxygens (including phenoxy) is 1. The van der Waals surface area contributed by atoms with E-state index >= 15 is 0 Å². The number of hydrogen-bond acceptors (Lipinski definition) is 3. The molecule has 1 saturated heterocycles. The van der Waals surface area contributed by atoms with Crippen molar-refractivity contribution in [1.29, 1.82) is 0 Å². The Morgan fingerprint density at radius 1 is 1.10 bits per heavy atom. The van der Waals surface area contributed by atoms with E-state index in [0.29, 0.717) is 18.5 Å². The van der Waals surface area contributed by atoms with Crippen LogP contribution in [0.3, 0.4) is 0 Å². The monoisotopic (exact) mass is 404 g/mol. The maximum Gasteiger partial charge on any atom is 0.387 e. The van der Waals surface area contributed by atoms with Crippen molar-refractivity contribution in [3.63, 3.8) is 0 Å². The molecule has 2 N–H and O–H groups in total. The van der Waals surface area contributed by atoms with Gasteiger partial charge in [0.25, 0.3) is 5.56 Å². The van der Waals surface area contributed by atoms with Crippen molar-refractivity contribution in [2.24, 2.45) is 0 Å². The Morgan fingerprint density at radius 3 is 2.31 bits per heavy atom. The molecule has 0 spiro atoms. The van der Waals surface area contributed by atoms with E-state index in [9.17, 15) is 18.4 Å². The number of aromatic amines is 1. The summed E-state index contributed by atoms with van der Waals surface area (Å²) in [5.41, 5.74) is 2.08. The third-order valence-electron chi connectivity index (χ3n) is 5.27. The molecule has 3 rings (SSSR count). The van der Waals surface area contributed by atoms with Crippen molar-refractivity contribution in [3.05, 3.63) is 63.6 Å². The number of amides is 1. The molecule has 0 bridgehead atoms. The Hall–Kier alpha value is -2.70. The first-order valence-corrected chi connectivity index (χ1v) is 9.71. The third kappa shape index (κ3) is 5.22. The highest BCUT2D eigenvalue weighted by Crippen LogP contribution is 2.32. The molecular weight excluding hydrogens is 378 g/mol. The Morgan fingerprint density at radius 2 is 1.79 bits per heavy atom. The number of carbonyl (C=O) groups is 1. The van der Waals surface area contributed by atoms with Crippen molar-refractivity contribution < 1.29 is 18.3 Å². The molecular formula is C22H26F2N2O3. The average Bonchev–Trinajstić information content (AvgIpc) is 3.05. The van der Waals surface area contributed by atoms with Gasteiger partial charge in [-0.05, 0) is 41.5 Å². The normalized spacial score (nSPS) is 18.0. The zero-order valence-corrected chi connectivity index (χ0v) is 16.8. The van der Waals surface area contributed by atoms with Gasteiger partial charge in [-0.3, -0.25) is 9.59 Å². The lowest BCUT2D eigenvalue weighted by atomic mass is 9.83. The largest absolute Gasteiger partial charge is 0.429 e. The number of H-pyrrole nitrogens is 1. The molecule has 1 aliphatic heterocycles.